The van der Waals surface area contributed by atoms with Crippen LogP contribution in [0.15, 0.2) is 34.9 Å². The third-order valence-corrected chi connectivity index (χ3v) is 5.29. The molecule has 0 saturated heterocycles. The fraction of sp³-hybridized carbons (Fsp3) is 0.591. The molecule has 2 amide bonds. The van der Waals surface area contributed by atoms with Gasteiger partial charge in [-0.2, -0.15) is 11.8 Å². The van der Waals surface area contributed by atoms with Gasteiger partial charge in [0.2, 0.25) is 5.91 Å². The molecule has 7 nitrogen and oxygen atoms in total. The zero-order chi connectivity index (χ0) is 22.9. The van der Waals surface area contributed by atoms with Crippen LogP contribution in [0, 0.1) is 0 Å². The van der Waals surface area contributed by atoms with Crippen molar-refractivity contribution in [3.63, 3.8) is 0 Å². The maximum absolute atomic E-state index is 11.8. The number of nitrogens with one attached hydrogen (secondary N) is 2. The first-order valence-corrected chi connectivity index (χ1v) is 11.3. The smallest absolute Gasteiger partial charge is 0.303 e. The number of carbonyl (C=O) groups is 3. The molecule has 0 bridgehead atoms. The molecule has 0 rings (SSSR count). The Morgan fingerprint density at radius 3 is 2.10 bits per heavy atom. The maximum atomic E-state index is 11.8. The summed E-state index contributed by atoms with van der Waals surface area (Å²) in [5, 5.41) is 11.2. The van der Waals surface area contributed by atoms with E-state index >= 15 is 0 Å². The highest BCUT2D eigenvalue weighted by atomic mass is 32.2. The lowest BCUT2D eigenvalue weighted by atomic mass is 10.1. The molecular weight excluding hydrogens is 402 g/mol. The largest absolute Gasteiger partial charge is 0.481 e. The lowest BCUT2D eigenvalue weighted by molar-refractivity contribution is -0.139. The Labute approximate surface area is 184 Å². The summed E-state index contributed by atoms with van der Waals surface area (Å²) in [5.41, 5.74) is 6.07. The molecule has 5 N–H and O–H groups in total. The minimum absolute atomic E-state index is 0.172. The number of carbonyl (C=O) groups excluding carboxylic acids is 2. The van der Waals surface area contributed by atoms with Crippen molar-refractivity contribution in [3.8, 4) is 0 Å². The third-order valence-electron chi connectivity index (χ3n) is 4.32. The molecule has 0 aromatic carbocycles. The van der Waals surface area contributed by atoms with E-state index in [1.54, 1.807) is 0 Å². The van der Waals surface area contributed by atoms with Crippen LogP contribution in [0.25, 0.3) is 0 Å². The molecule has 0 aromatic heterocycles. The van der Waals surface area contributed by atoms with Gasteiger partial charge in [-0.25, -0.2) is 5.84 Å². The van der Waals surface area contributed by atoms with E-state index in [1.165, 1.54) is 28.5 Å². The summed E-state index contributed by atoms with van der Waals surface area (Å²) in [6.45, 7) is 8.48. The van der Waals surface area contributed by atoms with Gasteiger partial charge in [-0.3, -0.25) is 19.8 Å². The highest BCUT2D eigenvalue weighted by molar-refractivity contribution is 7.99. The summed E-state index contributed by atoms with van der Waals surface area (Å²) in [6.07, 6.45) is 10.4. The van der Waals surface area contributed by atoms with Crippen LogP contribution in [0.4, 0.5) is 0 Å². The monoisotopic (exact) mass is 439 g/mol. The van der Waals surface area contributed by atoms with E-state index in [4.69, 9.17) is 10.9 Å². The lowest BCUT2D eigenvalue weighted by Gasteiger charge is -2.16. The van der Waals surface area contributed by atoms with Crippen molar-refractivity contribution < 1.29 is 19.5 Å². The molecule has 0 saturated carbocycles. The first kappa shape index (κ1) is 27.9. The van der Waals surface area contributed by atoms with Crippen LogP contribution in [0.5, 0.6) is 0 Å². The summed E-state index contributed by atoms with van der Waals surface area (Å²) >= 11 is 1.51. The molecule has 0 aliphatic rings. The zero-order valence-corrected chi connectivity index (χ0v) is 19.4. The van der Waals surface area contributed by atoms with Crippen LogP contribution in [0.3, 0.4) is 0 Å². The number of amides is 2. The first-order valence-electron chi connectivity index (χ1n) is 10.2. The van der Waals surface area contributed by atoms with E-state index in [1.807, 2.05) is 5.43 Å². The standard InChI is InChI=1S/C22H37N3O4S/c1-16(2)7-5-8-17(3)9-6-10-18(4)13-14-30-15-19(22(29)25-23)24-20(26)11-12-21(27)28/h7,9,13,19H,5-6,8,10-12,14-15,23H2,1-4H3,(H,24,26)(H,25,29)(H,27,28)/t19-/m0/s1. The predicted molar refractivity (Wildman–Crippen MR) is 124 cm³/mol. The van der Waals surface area contributed by atoms with Gasteiger partial charge >= 0.3 is 5.97 Å². The van der Waals surface area contributed by atoms with Gasteiger partial charge in [-0.15, -0.1) is 0 Å². The lowest BCUT2D eigenvalue weighted by Crippen LogP contribution is -2.50. The van der Waals surface area contributed by atoms with Crippen molar-refractivity contribution in [2.24, 2.45) is 5.84 Å². The number of thioether (sulfide) groups is 1. The van der Waals surface area contributed by atoms with Gasteiger partial charge < -0.3 is 10.4 Å². The molecule has 0 unspecified atom stereocenters. The molecule has 0 heterocycles. The number of carboxylic acids is 1. The number of allylic oxidation sites excluding steroid dienone is 5. The average molecular weight is 440 g/mol. The van der Waals surface area contributed by atoms with E-state index in [2.05, 4.69) is 51.2 Å². The molecule has 1 atom stereocenters. The van der Waals surface area contributed by atoms with Gasteiger partial charge in [0.25, 0.3) is 5.91 Å². The predicted octanol–water partition coefficient (Wildman–Crippen LogP) is 3.48. The summed E-state index contributed by atoms with van der Waals surface area (Å²) < 4.78 is 0. The second kappa shape index (κ2) is 16.7. The van der Waals surface area contributed by atoms with Crippen molar-refractivity contribution in [2.45, 2.75) is 72.3 Å². The normalized spacial score (nSPS) is 12.8. The van der Waals surface area contributed by atoms with Crippen molar-refractivity contribution in [1.29, 1.82) is 0 Å². The number of aliphatic carboxylic acids is 1. The Morgan fingerprint density at radius 1 is 0.933 bits per heavy atom. The second-order valence-electron chi connectivity index (χ2n) is 7.52. The quantitative estimate of drug-likeness (QED) is 0.102. The summed E-state index contributed by atoms with van der Waals surface area (Å²) in [7, 11) is 0. The first-order chi connectivity index (χ1) is 14.1. The minimum atomic E-state index is -1.06. The number of carboxylic acid groups (broad SMARTS) is 1. The number of hydrazine groups is 1. The summed E-state index contributed by atoms with van der Waals surface area (Å²) in [4.78, 5) is 34.1. The van der Waals surface area contributed by atoms with Crippen molar-refractivity contribution in [2.75, 3.05) is 11.5 Å². The van der Waals surface area contributed by atoms with E-state index in [9.17, 15) is 14.4 Å². The molecule has 8 heteroatoms. The van der Waals surface area contributed by atoms with Crippen LogP contribution >= 0.6 is 11.8 Å². The molecule has 30 heavy (non-hydrogen) atoms. The molecule has 0 aromatic rings. The molecule has 0 spiro atoms. The van der Waals surface area contributed by atoms with Gasteiger partial charge in [0.05, 0.1) is 6.42 Å². The fourth-order valence-electron chi connectivity index (χ4n) is 2.50. The Balaban J connectivity index is 4.32. The van der Waals surface area contributed by atoms with Crippen LogP contribution in [-0.2, 0) is 14.4 Å². The van der Waals surface area contributed by atoms with Gasteiger partial charge in [-0.05, 0) is 53.4 Å². The topological polar surface area (TPSA) is 122 Å². The van der Waals surface area contributed by atoms with E-state index in [0.717, 1.165) is 25.7 Å². The Bertz CT molecular complexity index is 653. The van der Waals surface area contributed by atoms with Crippen LogP contribution in [-0.4, -0.2) is 40.4 Å². The highest BCUT2D eigenvalue weighted by Gasteiger charge is 2.20. The molecular formula is C22H37N3O4S. The number of hydrogen-bond acceptors (Lipinski definition) is 5. The van der Waals surface area contributed by atoms with Crippen LogP contribution in [0.1, 0.15) is 66.2 Å². The molecule has 0 radical (unpaired) electrons. The SMILES string of the molecule is CC(C)=CCCC(C)=CCCC(C)=CCSC[C@H](NC(=O)CCC(=O)O)C(=O)NN. The van der Waals surface area contributed by atoms with Crippen LogP contribution in [0.2, 0.25) is 0 Å². The Kier molecular flexibility index (Phi) is 15.6. The molecule has 0 aliphatic heterocycles. The van der Waals surface area contributed by atoms with Gasteiger partial charge in [0.15, 0.2) is 0 Å². The average Bonchev–Trinajstić information content (AvgIpc) is 2.67. The van der Waals surface area contributed by atoms with Gasteiger partial charge in [0.1, 0.15) is 6.04 Å². The van der Waals surface area contributed by atoms with E-state index < -0.39 is 23.8 Å². The maximum Gasteiger partial charge on any atom is 0.303 e. The summed E-state index contributed by atoms with van der Waals surface area (Å²) in [5.74, 6) is 4.21. The molecule has 0 fully saturated rings. The second-order valence-corrected chi connectivity index (χ2v) is 8.59. The summed E-state index contributed by atoms with van der Waals surface area (Å²) in [6, 6.07) is -0.790. The number of nitrogens with two attached hydrogens (primary N) is 1. The molecule has 0 aliphatic carbocycles. The fourth-order valence-corrected chi connectivity index (χ4v) is 3.51. The van der Waals surface area contributed by atoms with E-state index in [-0.39, 0.29) is 12.8 Å². The Hall–Kier alpha value is -2.06. The number of rotatable bonds is 15. The molecule has 170 valence electrons. The van der Waals surface area contributed by atoms with Crippen LogP contribution < -0.4 is 16.6 Å². The van der Waals surface area contributed by atoms with E-state index in [0.29, 0.717) is 11.5 Å². The Morgan fingerprint density at radius 2 is 1.53 bits per heavy atom. The van der Waals surface area contributed by atoms with Gasteiger partial charge in [-0.1, -0.05) is 34.9 Å². The van der Waals surface area contributed by atoms with Crippen molar-refractivity contribution in [1.82, 2.24) is 10.7 Å². The van der Waals surface area contributed by atoms with Crippen molar-refractivity contribution >= 4 is 29.5 Å². The highest BCUT2D eigenvalue weighted by Crippen LogP contribution is 2.13. The third kappa shape index (κ3) is 15.8. The number of hydrogen-bond donors (Lipinski definition) is 4. The van der Waals surface area contributed by atoms with Gasteiger partial charge in [0, 0.05) is 17.9 Å². The van der Waals surface area contributed by atoms with Crippen molar-refractivity contribution in [3.05, 3.63) is 34.9 Å². The minimum Gasteiger partial charge on any atom is -0.481 e. The zero-order valence-electron chi connectivity index (χ0n) is 18.6.